The summed E-state index contributed by atoms with van der Waals surface area (Å²) in [5, 5.41) is 15.0. The molecule has 0 saturated carbocycles. The Bertz CT molecular complexity index is 522. The molecule has 2 saturated heterocycles. The second-order valence-corrected chi connectivity index (χ2v) is 5.61. The summed E-state index contributed by atoms with van der Waals surface area (Å²) in [4.78, 5) is 14.2. The summed E-state index contributed by atoms with van der Waals surface area (Å²) in [7, 11) is 0. The van der Waals surface area contributed by atoms with E-state index in [0.717, 1.165) is 31.9 Å². The van der Waals surface area contributed by atoms with Gasteiger partial charge in [0.25, 0.3) is 0 Å². The molecule has 20 heavy (non-hydrogen) atoms. The van der Waals surface area contributed by atoms with E-state index in [4.69, 9.17) is 5.26 Å². The molecule has 2 aliphatic heterocycles. The van der Waals surface area contributed by atoms with Crippen LogP contribution in [0.25, 0.3) is 0 Å². The van der Waals surface area contributed by atoms with Gasteiger partial charge >= 0.3 is 0 Å². The molecule has 2 heterocycles. The predicted octanol–water partition coefficient (Wildman–Crippen LogP) is 0.648. The van der Waals surface area contributed by atoms with E-state index in [1.807, 2.05) is 0 Å². The van der Waals surface area contributed by atoms with Crippen molar-refractivity contribution in [3.63, 3.8) is 0 Å². The number of rotatable bonds is 3. The van der Waals surface area contributed by atoms with Crippen molar-refractivity contribution < 1.29 is 4.79 Å². The molecule has 2 fully saturated rings. The molecule has 2 aliphatic rings. The van der Waals surface area contributed by atoms with Crippen molar-refractivity contribution in [1.29, 1.82) is 5.26 Å². The number of nitrogens with one attached hydrogen (secondary N) is 2. The summed E-state index contributed by atoms with van der Waals surface area (Å²) in [6.07, 6.45) is 0. The zero-order valence-corrected chi connectivity index (χ0v) is 11.3. The van der Waals surface area contributed by atoms with E-state index in [1.54, 1.807) is 24.3 Å². The Balaban J connectivity index is 1.51. The maximum Gasteiger partial charge on any atom is 0.238 e. The third-order valence-electron chi connectivity index (χ3n) is 4.13. The molecule has 0 bridgehead atoms. The zero-order valence-electron chi connectivity index (χ0n) is 11.3. The number of carbonyl (C=O) groups is 1. The van der Waals surface area contributed by atoms with Gasteiger partial charge in [-0.05, 0) is 49.2 Å². The van der Waals surface area contributed by atoms with E-state index >= 15 is 0 Å². The first-order chi connectivity index (χ1) is 9.74. The predicted molar refractivity (Wildman–Crippen MR) is 76.1 cm³/mol. The van der Waals surface area contributed by atoms with Gasteiger partial charge in [-0.25, -0.2) is 0 Å². The molecule has 0 spiro atoms. The normalized spacial score (nSPS) is 25.1. The average molecular weight is 270 g/mol. The van der Waals surface area contributed by atoms with E-state index in [2.05, 4.69) is 21.6 Å². The van der Waals surface area contributed by atoms with Gasteiger partial charge in [-0.3, -0.25) is 9.69 Å². The van der Waals surface area contributed by atoms with Gasteiger partial charge in [0, 0.05) is 18.8 Å². The zero-order chi connectivity index (χ0) is 13.9. The van der Waals surface area contributed by atoms with Crippen LogP contribution in [0.3, 0.4) is 0 Å². The SMILES string of the molecule is N#Cc1ccc(NC(=O)CN2CC3CNCC3C2)cc1. The lowest BCUT2D eigenvalue weighted by atomic mass is 10.0. The van der Waals surface area contributed by atoms with Gasteiger partial charge < -0.3 is 10.6 Å². The van der Waals surface area contributed by atoms with Crippen LogP contribution in [0.1, 0.15) is 5.56 Å². The fourth-order valence-electron chi connectivity index (χ4n) is 3.11. The standard InChI is InChI=1S/C15H18N4O/c16-5-11-1-3-14(4-2-11)18-15(20)10-19-8-12-6-17-7-13(12)9-19/h1-4,12-13,17H,6-10H2,(H,18,20). The molecule has 1 amide bonds. The van der Waals surface area contributed by atoms with Gasteiger partial charge in [-0.1, -0.05) is 0 Å². The van der Waals surface area contributed by atoms with Crippen LogP contribution >= 0.6 is 0 Å². The van der Waals surface area contributed by atoms with Crippen LogP contribution in [0.2, 0.25) is 0 Å². The number of nitriles is 1. The van der Waals surface area contributed by atoms with Crippen molar-refractivity contribution in [2.24, 2.45) is 11.8 Å². The first-order valence-corrected chi connectivity index (χ1v) is 6.97. The molecule has 1 aromatic carbocycles. The smallest absolute Gasteiger partial charge is 0.238 e. The van der Waals surface area contributed by atoms with Gasteiger partial charge in [0.1, 0.15) is 0 Å². The largest absolute Gasteiger partial charge is 0.325 e. The minimum atomic E-state index is 0.0163. The lowest BCUT2D eigenvalue weighted by molar-refractivity contribution is -0.117. The summed E-state index contributed by atoms with van der Waals surface area (Å²) in [5.41, 5.74) is 1.35. The maximum absolute atomic E-state index is 12.0. The van der Waals surface area contributed by atoms with Gasteiger partial charge in [0.05, 0.1) is 18.2 Å². The van der Waals surface area contributed by atoms with E-state index in [0.29, 0.717) is 23.9 Å². The Morgan fingerprint density at radius 3 is 2.55 bits per heavy atom. The molecule has 5 heteroatoms. The Morgan fingerprint density at radius 1 is 1.30 bits per heavy atom. The van der Waals surface area contributed by atoms with E-state index in [9.17, 15) is 4.79 Å². The van der Waals surface area contributed by atoms with Crippen LogP contribution in [-0.4, -0.2) is 43.5 Å². The van der Waals surface area contributed by atoms with E-state index in [1.165, 1.54) is 0 Å². The van der Waals surface area contributed by atoms with Gasteiger partial charge in [0.15, 0.2) is 0 Å². The highest BCUT2D eigenvalue weighted by molar-refractivity contribution is 5.92. The van der Waals surface area contributed by atoms with Crippen LogP contribution in [0.4, 0.5) is 5.69 Å². The Morgan fingerprint density at radius 2 is 1.95 bits per heavy atom. The molecule has 2 unspecified atom stereocenters. The van der Waals surface area contributed by atoms with Crippen molar-refractivity contribution in [3.05, 3.63) is 29.8 Å². The van der Waals surface area contributed by atoms with Crippen molar-refractivity contribution in [1.82, 2.24) is 10.2 Å². The van der Waals surface area contributed by atoms with Gasteiger partial charge in [-0.15, -0.1) is 0 Å². The molecule has 2 N–H and O–H groups in total. The summed E-state index contributed by atoms with van der Waals surface area (Å²) in [6, 6.07) is 9.01. The van der Waals surface area contributed by atoms with Crippen LogP contribution in [-0.2, 0) is 4.79 Å². The quantitative estimate of drug-likeness (QED) is 0.846. The summed E-state index contributed by atoms with van der Waals surface area (Å²) in [5.74, 6) is 1.43. The van der Waals surface area contributed by atoms with E-state index in [-0.39, 0.29) is 5.91 Å². The molecular weight excluding hydrogens is 252 g/mol. The Labute approximate surface area is 118 Å². The molecular formula is C15H18N4O. The second kappa shape index (κ2) is 5.61. The summed E-state index contributed by atoms with van der Waals surface area (Å²) < 4.78 is 0. The molecule has 1 aromatic rings. The Kier molecular flexibility index (Phi) is 3.68. The average Bonchev–Trinajstić information content (AvgIpc) is 3.00. The first kappa shape index (κ1) is 13.1. The summed E-state index contributed by atoms with van der Waals surface area (Å²) >= 11 is 0. The lowest BCUT2D eigenvalue weighted by Crippen LogP contribution is -2.33. The minimum Gasteiger partial charge on any atom is -0.325 e. The highest BCUT2D eigenvalue weighted by atomic mass is 16.2. The van der Waals surface area contributed by atoms with Crippen molar-refractivity contribution >= 4 is 11.6 Å². The van der Waals surface area contributed by atoms with Crippen molar-refractivity contribution in [3.8, 4) is 6.07 Å². The number of fused-ring (bicyclic) bond motifs is 1. The van der Waals surface area contributed by atoms with E-state index < -0.39 is 0 Å². The number of carbonyl (C=O) groups excluding carboxylic acids is 1. The topological polar surface area (TPSA) is 68.2 Å². The molecule has 5 nitrogen and oxygen atoms in total. The molecule has 104 valence electrons. The minimum absolute atomic E-state index is 0.0163. The van der Waals surface area contributed by atoms with Gasteiger partial charge in [-0.2, -0.15) is 5.26 Å². The fraction of sp³-hybridized carbons (Fsp3) is 0.467. The number of hydrogen-bond acceptors (Lipinski definition) is 4. The van der Waals surface area contributed by atoms with Crippen molar-refractivity contribution in [2.45, 2.75) is 0 Å². The van der Waals surface area contributed by atoms with Crippen LogP contribution in [0.15, 0.2) is 24.3 Å². The summed E-state index contributed by atoms with van der Waals surface area (Å²) in [6.45, 7) is 4.64. The number of anilines is 1. The first-order valence-electron chi connectivity index (χ1n) is 6.97. The van der Waals surface area contributed by atoms with Crippen LogP contribution in [0, 0.1) is 23.2 Å². The number of nitrogens with zero attached hydrogens (tertiary/aromatic N) is 2. The molecule has 0 aromatic heterocycles. The highest BCUT2D eigenvalue weighted by Crippen LogP contribution is 2.25. The highest BCUT2D eigenvalue weighted by Gasteiger charge is 2.36. The number of hydrogen-bond donors (Lipinski definition) is 2. The molecule has 0 aliphatic carbocycles. The number of benzene rings is 1. The molecule has 0 radical (unpaired) electrons. The van der Waals surface area contributed by atoms with Crippen molar-refractivity contribution in [2.75, 3.05) is 38.0 Å². The van der Waals surface area contributed by atoms with Gasteiger partial charge in [0.2, 0.25) is 5.91 Å². The molecule has 3 rings (SSSR count). The second-order valence-electron chi connectivity index (χ2n) is 5.61. The molecule has 2 atom stereocenters. The monoisotopic (exact) mass is 270 g/mol. The van der Waals surface area contributed by atoms with Crippen LogP contribution in [0.5, 0.6) is 0 Å². The fourth-order valence-corrected chi connectivity index (χ4v) is 3.11. The number of amides is 1. The van der Waals surface area contributed by atoms with Crippen LogP contribution < -0.4 is 10.6 Å². The lowest BCUT2D eigenvalue weighted by Gasteiger charge is -2.16. The Hall–Kier alpha value is -1.90. The maximum atomic E-state index is 12.0. The number of likely N-dealkylation sites (tertiary alicyclic amines) is 1. The third kappa shape index (κ3) is 2.82. The third-order valence-corrected chi connectivity index (χ3v) is 4.13.